The maximum absolute atomic E-state index is 13.4. The van der Waals surface area contributed by atoms with E-state index in [0.717, 1.165) is 18.5 Å². The van der Waals surface area contributed by atoms with Crippen LogP contribution < -0.4 is 5.32 Å². The number of carbonyl (C=O) groups is 1. The van der Waals surface area contributed by atoms with Crippen LogP contribution in [0.15, 0.2) is 12.1 Å². The molecule has 4 heteroatoms. The zero-order chi connectivity index (χ0) is 10.1. The molecule has 1 aromatic carbocycles. The highest BCUT2D eigenvalue weighted by Crippen LogP contribution is 2.27. The number of hydrogen-bond acceptors (Lipinski definition) is 3. The van der Waals surface area contributed by atoms with Crippen molar-refractivity contribution in [1.82, 2.24) is 0 Å². The van der Waals surface area contributed by atoms with E-state index in [-0.39, 0.29) is 11.4 Å². The lowest BCUT2D eigenvalue weighted by molar-refractivity contribution is 0.0600. The van der Waals surface area contributed by atoms with Crippen LogP contribution >= 0.6 is 0 Å². The number of benzene rings is 1. The molecule has 1 heterocycles. The SMILES string of the molecule is COC(=O)c1cc(F)c2c(c1)CCN2. The van der Waals surface area contributed by atoms with Crippen LogP contribution in [0, 0.1) is 5.82 Å². The number of carbonyl (C=O) groups excluding carboxylic acids is 1. The monoisotopic (exact) mass is 195 g/mol. The van der Waals surface area contributed by atoms with Crippen molar-refractivity contribution in [2.24, 2.45) is 0 Å². The summed E-state index contributed by atoms with van der Waals surface area (Å²) in [5.41, 5.74) is 1.62. The molecule has 1 aromatic rings. The third kappa shape index (κ3) is 1.32. The Morgan fingerprint density at radius 3 is 3.07 bits per heavy atom. The average molecular weight is 195 g/mol. The normalized spacial score (nSPS) is 13.3. The Kier molecular flexibility index (Phi) is 2.11. The molecule has 0 radical (unpaired) electrons. The van der Waals surface area contributed by atoms with Gasteiger partial charge in [0.15, 0.2) is 0 Å². The van der Waals surface area contributed by atoms with E-state index in [2.05, 4.69) is 10.1 Å². The summed E-state index contributed by atoms with van der Waals surface area (Å²) in [5, 5.41) is 2.93. The highest BCUT2D eigenvalue weighted by Gasteiger charge is 2.18. The van der Waals surface area contributed by atoms with Crippen LogP contribution in [0.25, 0.3) is 0 Å². The molecular formula is C10H10FNO2. The third-order valence-electron chi connectivity index (χ3n) is 2.29. The van der Waals surface area contributed by atoms with Crippen molar-refractivity contribution in [1.29, 1.82) is 0 Å². The molecule has 14 heavy (non-hydrogen) atoms. The molecule has 0 fully saturated rings. The summed E-state index contributed by atoms with van der Waals surface area (Å²) in [6, 6.07) is 2.87. The van der Waals surface area contributed by atoms with Gasteiger partial charge in [0.1, 0.15) is 5.82 Å². The Hall–Kier alpha value is -1.58. The van der Waals surface area contributed by atoms with E-state index in [1.54, 1.807) is 6.07 Å². The quantitative estimate of drug-likeness (QED) is 0.691. The summed E-state index contributed by atoms with van der Waals surface area (Å²) >= 11 is 0. The molecule has 0 amide bonds. The summed E-state index contributed by atoms with van der Waals surface area (Å²) in [6.07, 6.45) is 0.747. The van der Waals surface area contributed by atoms with E-state index in [9.17, 15) is 9.18 Å². The van der Waals surface area contributed by atoms with Gasteiger partial charge in [-0.25, -0.2) is 9.18 Å². The Morgan fingerprint density at radius 2 is 2.36 bits per heavy atom. The van der Waals surface area contributed by atoms with E-state index in [1.165, 1.54) is 13.2 Å². The molecule has 0 spiro atoms. The molecule has 1 aliphatic rings. The standard InChI is InChI=1S/C10H10FNO2/c1-14-10(13)7-4-6-2-3-12-9(6)8(11)5-7/h4-5,12H,2-3H2,1H3. The number of anilines is 1. The van der Waals surface area contributed by atoms with E-state index in [0.29, 0.717) is 5.69 Å². The van der Waals surface area contributed by atoms with Gasteiger partial charge >= 0.3 is 5.97 Å². The van der Waals surface area contributed by atoms with Gasteiger partial charge in [-0.3, -0.25) is 0 Å². The number of methoxy groups -OCH3 is 1. The largest absolute Gasteiger partial charge is 0.465 e. The molecule has 0 aliphatic carbocycles. The number of hydrogen-bond donors (Lipinski definition) is 1. The molecule has 1 aliphatic heterocycles. The Bertz CT molecular complexity index is 390. The molecule has 0 unspecified atom stereocenters. The van der Waals surface area contributed by atoms with E-state index in [1.807, 2.05) is 0 Å². The zero-order valence-corrected chi connectivity index (χ0v) is 7.76. The van der Waals surface area contributed by atoms with Crippen molar-refractivity contribution in [2.45, 2.75) is 6.42 Å². The summed E-state index contributed by atoms with van der Waals surface area (Å²) in [6.45, 7) is 0.719. The molecule has 1 N–H and O–H groups in total. The first-order valence-electron chi connectivity index (χ1n) is 4.37. The Labute approximate surface area is 80.9 Å². The molecule has 0 saturated carbocycles. The first kappa shape index (κ1) is 8.99. The van der Waals surface area contributed by atoms with Crippen molar-refractivity contribution in [3.8, 4) is 0 Å². The van der Waals surface area contributed by atoms with Crippen molar-refractivity contribution >= 4 is 11.7 Å². The minimum absolute atomic E-state index is 0.271. The van der Waals surface area contributed by atoms with Crippen molar-refractivity contribution < 1.29 is 13.9 Å². The lowest BCUT2D eigenvalue weighted by atomic mass is 10.1. The van der Waals surface area contributed by atoms with Crippen LogP contribution in [0.1, 0.15) is 15.9 Å². The van der Waals surface area contributed by atoms with Gasteiger partial charge < -0.3 is 10.1 Å². The maximum Gasteiger partial charge on any atom is 0.337 e. The maximum atomic E-state index is 13.4. The van der Waals surface area contributed by atoms with Gasteiger partial charge in [0.2, 0.25) is 0 Å². The average Bonchev–Trinajstić information content (AvgIpc) is 2.64. The summed E-state index contributed by atoms with van der Waals surface area (Å²) in [4.78, 5) is 11.2. The molecule has 2 rings (SSSR count). The second-order valence-corrected chi connectivity index (χ2v) is 3.16. The lowest BCUT2D eigenvalue weighted by Crippen LogP contribution is -2.03. The fourth-order valence-corrected chi connectivity index (χ4v) is 1.62. The molecule has 3 nitrogen and oxygen atoms in total. The van der Waals surface area contributed by atoms with Gasteiger partial charge in [-0.2, -0.15) is 0 Å². The predicted octanol–water partition coefficient (Wildman–Crippen LogP) is 1.58. The zero-order valence-electron chi connectivity index (χ0n) is 7.76. The number of halogens is 1. The fraction of sp³-hybridized carbons (Fsp3) is 0.300. The molecule has 0 saturated heterocycles. The molecule has 74 valence electrons. The minimum atomic E-state index is -0.501. The van der Waals surface area contributed by atoms with Crippen molar-refractivity contribution in [2.75, 3.05) is 19.0 Å². The van der Waals surface area contributed by atoms with Gasteiger partial charge in [-0.15, -0.1) is 0 Å². The van der Waals surface area contributed by atoms with Crippen LogP contribution in [-0.4, -0.2) is 19.6 Å². The van der Waals surface area contributed by atoms with E-state index >= 15 is 0 Å². The van der Waals surface area contributed by atoms with Gasteiger partial charge in [0.25, 0.3) is 0 Å². The highest BCUT2D eigenvalue weighted by molar-refractivity contribution is 5.90. The number of ether oxygens (including phenoxy) is 1. The Balaban J connectivity index is 2.46. The van der Waals surface area contributed by atoms with Crippen molar-refractivity contribution in [3.05, 3.63) is 29.1 Å². The summed E-state index contributed by atoms with van der Waals surface area (Å²) in [5.74, 6) is -0.890. The van der Waals surface area contributed by atoms with Crippen LogP contribution in [0.4, 0.5) is 10.1 Å². The fourth-order valence-electron chi connectivity index (χ4n) is 1.62. The van der Waals surface area contributed by atoms with Crippen molar-refractivity contribution in [3.63, 3.8) is 0 Å². The van der Waals surface area contributed by atoms with Crippen LogP contribution in [-0.2, 0) is 11.2 Å². The minimum Gasteiger partial charge on any atom is -0.465 e. The number of esters is 1. The topological polar surface area (TPSA) is 38.3 Å². The van der Waals surface area contributed by atoms with Crippen LogP contribution in [0.5, 0.6) is 0 Å². The lowest BCUT2D eigenvalue weighted by Gasteiger charge is -2.04. The van der Waals surface area contributed by atoms with Gasteiger partial charge in [0.05, 0.1) is 18.4 Å². The van der Waals surface area contributed by atoms with Crippen LogP contribution in [0.3, 0.4) is 0 Å². The molecular weight excluding hydrogens is 185 g/mol. The molecule has 0 aromatic heterocycles. The van der Waals surface area contributed by atoms with Gasteiger partial charge in [-0.1, -0.05) is 0 Å². The second kappa shape index (κ2) is 3.29. The van der Waals surface area contributed by atoms with Crippen LogP contribution in [0.2, 0.25) is 0 Å². The second-order valence-electron chi connectivity index (χ2n) is 3.16. The molecule has 0 bridgehead atoms. The number of fused-ring (bicyclic) bond motifs is 1. The molecule has 0 atom stereocenters. The highest BCUT2D eigenvalue weighted by atomic mass is 19.1. The smallest absolute Gasteiger partial charge is 0.337 e. The third-order valence-corrected chi connectivity index (χ3v) is 2.29. The van der Waals surface area contributed by atoms with Gasteiger partial charge in [0, 0.05) is 6.54 Å². The predicted molar refractivity (Wildman–Crippen MR) is 49.9 cm³/mol. The van der Waals surface area contributed by atoms with Gasteiger partial charge in [-0.05, 0) is 24.1 Å². The first-order valence-corrected chi connectivity index (χ1v) is 4.37. The Morgan fingerprint density at radius 1 is 1.57 bits per heavy atom. The number of rotatable bonds is 1. The first-order chi connectivity index (χ1) is 6.72. The summed E-state index contributed by atoms with van der Waals surface area (Å²) in [7, 11) is 1.28. The van der Waals surface area contributed by atoms with E-state index < -0.39 is 5.97 Å². The summed E-state index contributed by atoms with van der Waals surface area (Å²) < 4.78 is 17.9. The number of nitrogens with one attached hydrogen (secondary N) is 1. The van der Waals surface area contributed by atoms with E-state index in [4.69, 9.17) is 0 Å².